The molecule has 7 heteroatoms. The molecule has 0 radical (unpaired) electrons. The second kappa shape index (κ2) is 5.64. The van der Waals surface area contributed by atoms with Gasteiger partial charge >= 0.3 is 0 Å². The molecule has 2 heterocycles. The first-order chi connectivity index (χ1) is 8.58. The minimum atomic E-state index is -0.691. The Balaban J connectivity index is 1.92. The molecule has 2 amide bonds. The number of nitrogens with one attached hydrogen (secondary N) is 1. The van der Waals surface area contributed by atoms with Crippen LogP contribution in [0.25, 0.3) is 0 Å². The van der Waals surface area contributed by atoms with Crippen molar-refractivity contribution in [2.24, 2.45) is 5.73 Å². The number of aliphatic hydroxyl groups is 1. The number of carbonyl (C=O) groups excluding carboxylic acids is 2. The number of nitrogens with zero attached hydrogens (tertiary/aromatic N) is 1. The minimum Gasteiger partial charge on any atom is -0.391 e. The molecule has 2 aliphatic rings. The number of nitrogens with two attached hydrogens (primary N) is 1. The lowest BCUT2D eigenvalue weighted by Crippen LogP contribution is -2.47. The number of hydrogen-bond donors (Lipinski definition) is 3. The van der Waals surface area contributed by atoms with E-state index >= 15 is 0 Å². The van der Waals surface area contributed by atoms with Gasteiger partial charge in [-0.1, -0.05) is 0 Å². The molecule has 0 bridgehead atoms. The Morgan fingerprint density at radius 2 is 2.28 bits per heavy atom. The van der Waals surface area contributed by atoms with E-state index in [0.29, 0.717) is 13.2 Å². The summed E-state index contributed by atoms with van der Waals surface area (Å²) in [6.07, 6.45) is -0.400. The third-order valence-corrected chi connectivity index (χ3v) is 3.33. The van der Waals surface area contributed by atoms with Gasteiger partial charge in [0, 0.05) is 26.1 Å². The largest absolute Gasteiger partial charge is 0.391 e. The lowest BCUT2D eigenvalue weighted by atomic mass is 10.1. The van der Waals surface area contributed by atoms with E-state index in [0.717, 1.165) is 6.54 Å². The standard InChI is InChI=1S/C11H19N3O4/c12-11(17)9-3-7(15)6-14(9)10(16)4-8-5-13-1-2-18-8/h7-9,13,15H,1-6H2,(H2,12,17). The van der Waals surface area contributed by atoms with E-state index in [9.17, 15) is 14.7 Å². The highest BCUT2D eigenvalue weighted by Gasteiger charge is 2.38. The molecular formula is C11H19N3O4. The van der Waals surface area contributed by atoms with Crippen LogP contribution < -0.4 is 11.1 Å². The maximum atomic E-state index is 12.1. The molecule has 7 nitrogen and oxygen atoms in total. The number of hydrogen-bond acceptors (Lipinski definition) is 5. The molecule has 3 unspecified atom stereocenters. The van der Waals surface area contributed by atoms with Crippen LogP contribution >= 0.6 is 0 Å². The molecule has 102 valence electrons. The first-order valence-electron chi connectivity index (χ1n) is 6.17. The molecular weight excluding hydrogens is 238 g/mol. The summed E-state index contributed by atoms with van der Waals surface area (Å²) in [6.45, 7) is 2.17. The molecule has 0 saturated carbocycles. The third kappa shape index (κ3) is 2.98. The van der Waals surface area contributed by atoms with E-state index in [4.69, 9.17) is 10.5 Å². The normalized spacial score (nSPS) is 32.5. The summed E-state index contributed by atoms with van der Waals surface area (Å²) in [7, 11) is 0. The Morgan fingerprint density at radius 3 is 2.89 bits per heavy atom. The fourth-order valence-electron chi connectivity index (χ4n) is 2.42. The number of primary amides is 1. The summed E-state index contributed by atoms with van der Waals surface area (Å²) in [5.41, 5.74) is 5.23. The van der Waals surface area contributed by atoms with Crippen molar-refractivity contribution in [2.75, 3.05) is 26.2 Å². The Hall–Kier alpha value is -1.18. The number of rotatable bonds is 3. The predicted molar refractivity (Wildman–Crippen MR) is 62.5 cm³/mol. The number of likely N-dealkylation sites (tertiary alicyclic amines) is 1. The maximum absolute atomic E-state index is 12.1. The van der Waals surface area contributed by atoms with Crippen molar-refractivity contribution in [2.45, 2.75) is 31.1 Å². The quantitative estimate of drug-likeness (QED) is 0.533. The van der Waals surface area contributed by atoms with Gasteiger partial charge in [-0.3, -0.25) is 9.59 Å². The number of aliphatic hydroxyl groups excluding tert-OH is 1. The van der Waals surface area contributed by atoms with E-state index in [1.54, 1.807) is 0 Å². The zero-order chi connectivity index (χ0) is 13.1. The highest BCUT2D eigenvalue weighted by molar-refractivity contribution is 5.87. The number of β-amino-alcohol motifs (C(OH)–C–C–N with tert-alkyl or cyclic N) is 1. The third-order valence-electron chi connectivity index (χ3n) is 3.33. The summed E-state index contributed by atoms with van der Waals surface area (Å²) >= 11 is 0. The number of morpholine rings is 1. The van der Waals surface area contributed by atoms with Crippen LogP contribution in [0.15, 0.2) is 0 Å². The van der Waals surface area contributed by atoms with Gasteiger partial charge in [-0.25, -0.2) is 0 Å². The monoisotopic (exact) mass is 257 g/mol. The number of ether oxygens (including phenoxy) is 1. The van der Waals surface area contributed by atoms with Gasteiger partial charge in [-0.05, 0) is 0 Å². The highest BCUT2D eigenvalue weighted by Crippen LogP contribution is 2.19. The fraction of sp³-hybridized carbons (Fsp3) is 0.818. The summed E-state index contributed by atoms with van der Waals surface area (Å²) < 4.78 is 5.44. The summed E-state index contributed by atoms with van der Waals surface area (Å²) in [4.78, 5) is 24.7. The van der Waals surface area contributed by atoms with Crippen LogP contribution in [0.5, 0.6) is 0 Å². The van der Waals surface area contributed by atoms with Crippen molar-refractivity contribution in [3.05, 3.63) is 0 Å². The minimum absolute atomic E-state index is 0.169. The lowest BCUT2D eigenvalue weighted by molar-refractivity contribution is -0.140. The van der Waals surface area contributed by atoms with Crippen molar-refractivity contribution in [1.29, 1.82) is 0 Å². The van der Waals surface area contributed by atoms with Crippen molar-refractivity contribution in [1.82, 2.24) is 10.2 Å². The Kier molecular flexibility index (Phi) is 4.15. The van der Waals surface area contributed by atoms with Gasteiger partial charge in [-0.2, -0.15) is 0 Å². The van der Waals surface area contributed by atoms with Crippen LogP contribution in [0.1, 0.15) is 12.8 Å². The van der Waals surface area contributed by atoms with Gasteiger partial charge in [0.15, 0.2) is 0 Å². The predicted octanol–water partition coefficient (Wildman–Crippen LogP) is -2.19. The molecule has 0 aromatic carbocycles. The second-order valence-corrected chi connectivity index (χ2v) is 4.75. The van der Waals surface area contributed by atoms with E-state index in [-0.39, 0.29) is 31.4 Å². The molecule has 0 aromatic heterocycles. The average Bonchev–Trinajstić information content (AvgIpc) is 2.73. The van der Waals surface area contributed by atoms with Crippen LogP contribution in [0, 0.1) is 0 Å². The van der Waals surface area contributed by atoms with Crippen LogP contribution in [0.4, 0.5) is 0 Å². The van der Waals surface area contributed by atoms with Gasteiger partial charge in [0.05, 0.1) is 25.2 Å². The zero-order valence-electron chi connectivity index (χ0n) is 10.2. The van der Waals surface area contributed by atoms with E-state index in [1.165, 1.54) is 4.90 Å². The smallest absolute Gasteiger partial charge is 0.240 e. The number of amides is 2. The molecule has 3 atom stereocenters. The molecule has 4 N–H and O–H groups in total. The second-order valence-electron chi connectivity index (χ2n) is 4.75. The first kappa shape index (κ1) is 13.3. The summed E-state index contributed by atoms with van der Waals surface area (Å²) in [5, 5.41) is 12.7. The fourth-order valence-corrected chi connectivity index (χ4v) is 2.42. The van der Waals surface area contributed by atoms with Crippen LogP contribution in [0.2, 0.25) is 0 Å². The summed E-state index contributed by atoms with van der Waals surface area (Å²) in [5.74, 6) is -0.758. The molecule has 2 saturated heterocycles. The van der Waals surface area contributed by atoms with Gasteiger partial charge in [0.2, 0.25) is 11.8 Å². The molecule has 2 aliphatic heterocycles. The average molecular weight is 257 g/mol. The van der Waals surface area contributed by atoms with Crippen molar-refractivity contribution >= 4 is 11.8 Å². The Bertz CT molecular complexity index is 330. The molecule has 0 spiro atoms. The lowest BCUT2D eigenvalue weighted by Gasteiger charge is -2.27. The van der Waals surface area contributed by atoms with E-state index in [2.05, 4.69) is 5.32 Å². The summed E-state index contributed by atoms with van der Waals surface area (Å²) in [6, 6.07) is -0.691. The number of carbonyl (C=O) groups is 2. The van der Waals surface area contributed by atoms with Crippen molar-refractivity contribution in [3.8, 4) is 0 Å². The van der Waals surface area contributed by atoms with Gasteiger partial charge in [0.25, 0.3) is 0 Å². The van der Waals surface area contributed by atoms with Gasteiger partial charge in [-0.15, -0.1) is 0 Å². The first-order valence-corrected chi connectivity index (χ1v) is 6.17. The Labute approximate surface area is 105 Å². The SMILES string of the molecule is NC(=O)C1CC(O)CN1C(=O)CC1CNCCO1. The molecule has 2 rings (SSSR count). The van der Waals surface area contributed by atoms with Gasteiger partial charge < -0.3 is 25.8 Å². The van der Waals surface area contributed by atoms with Crippen LogP contribution in [-0.2, 0) is 14.3 Å². The molecule has 2 fully saturated rings. The topological polar surface area (TPSA) is 105 Å². The molecule has 0 aliphatic carbocycles. The van der Waals surface area contributed by atoms with Crippen LogP contribution in [0.3, 0.4) is 0 Å². The van der Waals surface area contributed by atoms with Crippen molar-refractivity contribution < 1.29 is 19.4 Å². The van der Waals surface area contributed by atoms with E-state index in [1.807, 2.05) is 0 Å². The molecule has 0 aromatic rings. The maximum Gasteiger partial charge on any atom is 0.240 e. The molecule has 18 heavy (non-hydrogen) atoms. The highest BCUT2D eigenvalue weighted by atomic mass is 16.5. The van der Waals surface area contributed by atoms with Crippen LogP contribution in [-0.4, -0.2) is 66.3 Å². The zero-order valence-corrected chi connectivity index (χ0v) is 10.2. The Morgan fingerprint density at radius 1 is 1.50 bits per heavy atom. The van der Waals surface area contributed by atoms with Gasteiger partial charge in [0.1, 0.15) is 6.04 Å². The van der Waals surface area contributed by atoms with E-state index < -0.39 is 18.1 Å². The van der Waals surface area contributed by atoms with Crippen molar-refractivity contribution in [3.63, 3.8) is 0 Å².